The molecule has 1 aromatic carbocycles. The molecule has 4 nitrogen and oxygen atoms in total. The second-order valence-electron chi connectivity index (χ2n) is 8.35. The first-order chi connectivity index (χ1) is 13.5. The third kappa shape index (κ3) is 11.6. The molecule has 0 aliphatic rings. The molecule has 4 heteroatoms. The predicted octanol–water partition coefficient (Wildman–Crippen LogP) is 6.22. The minimum absolute atomic E-state index is 0.0441. The first-order valence-corrected chi connectivity index (χ1v) is 11.4. The number of aliphatic hydroxyl groups excluding tert-OH is 2. The first-order valence-electron chi connectivity index (χ1n) is 11.4. The highest BCUT2D eigenvalue weighted by atomic mass is 16.3. The Bertz CT molecular complexity index is 503. The van der Waals surface area contributed by atoms with Crippen LogP contribution in [0.2, 0.25) is 0 Å². The fraction of sp³-hybridized carbons (Fsp3) is 0.750. The summed E-state index contributed by atoms with van der Waals surface area (Å²) < 4.78 is 0. The Morgan fingerprint density at radius 2 is 1.25 bits per heavy atom. The molecule has 2 atom stereocenters. The average molecular weight is 395 g/mol. The second kappa shape index (κ2) is 15.6. The van der Waals surface area contributed by atoms with Gasteiger partial charge in [0.05, 0.1) is 6.10 Å². The van der Waals surface area contributed by atoms with Crippen molar-refractivity contribution in [3.8, 4) is 11.5 Å². The lowest BCUT2D eigenvalue weighted by atomic mass is 9.93. The van der Waals surface area contributed by atoms with Crippen LogP contribution in [0.15, 0.2) is 18.2 Å². The Morgan fingerprint density at radius 1 is 0.750 bits per heavy atom. The van der Waals surface area contributed by atoms with E-state index in [9.17, 15) is 15.3 Å². The van der Waals surface area contributed by atoms with Crippen molar-refractivity contribution in [2.75, 3.05) is 6.61 Å². The molecule has 0 saturated carbocycles. The predicted molar refractivity (Wildman–Crippen MR) is 116 cm³/mol. The van der Waals surface area contributed by atoms with Gasteiger partial charge >= 0.3 is 0 Å². The number of hydrogen-bond acceptors (Lipinski definition) is 4. The summed E-state index contributed by atoms with van der Waals surface area (Å²) in [4.78, 5) is 0. The molecule has 0 heterocycles. The van der Waals surface area contributed by atoms with E-state index in [1.807, 2.05) is 0 Å². The Labute approximate surface area is 171 Å². The summed E-state index contributed by atoms with van der Waals surface area (Å²) in [5.41, 5.74) is 0.417. The monoisotopic (exact) mass is 394 g/mol. The van der Waals surface area contributed by atoms with E-state index >= 15 is 0 Å². The van der Waals surface area contributed by atoms with Crippen molar-refractivity contribution >= 4 is 0 Å². The number of unbranched alkanes of at least 4 members (excludes halogenated alkanes) is 11. The number of aromatic hydroxyl groups is 2. The summed E-state index contributed by atoms with van der Waals surface area (Å²) in [5, 5.41) is 38.4. The lowest BCUT2D eigenvalue weighted by molar-refractivity contribution is 0.141. The quantitative estimate of drug-likeness (QED) is 0.187. The average Bonchev–Trinajstić information content (AvgIpc) is 2.67. The fourth-order valence-electron chi connectivity index (χ4n) is 3.81. The summed E-state index contributed by atoms with van der Waals surface area (Å²) in [6.07, 6.45) is 16.1. The van der Waals surface area contributed by atoms with E-state index in [1.165, 1.54) is 88.8 Å². The van der Waals surface area contributed by atoms with Crippen LogP contribution in [0, 0.1) is 5.92 Å². The van der Waals surface area contributed by atoms with Crippen LogP contribution < -0.4 is 0 Å². The van der Waals surface area contributed by atoms with Crippen LogP contribution in [0.25, 0.3) is 0 Å². The SMILES string of the molecule is CC(CCCCCCCCCCCCCCO)CC(O)c1cc(O)ccc1O. The number of aliphatic hydroxyl groups is 2. The zero-order chi connectivity index (χ0) is 20.6. The standard InChI is InChI=1S/C24H42O4/c1-20(18-24(28)22-19-21(26)15-16-23(22)27)14-12-10-8-6-4-2-3-5-7-9-11-13-17-25/h15-16,19-20,24-28H,2-14,17-18H2,1H3. The molecule has 0 aliphatic carbocycles. The van der Waals surface area contributed by atoms with Crippen LogP contribution in [0.1, 0.15) is 108 Å². The van der Waals surface area contributed by atoms with Gasteiger partial charge in [-0.25, -0.2) is 0 Å². The van der Waals surface area contributed by atoms with Crippen LogP contribution in [-0.4, -0.2) is 27.0 Å². The van der Waals surface area contributed by atoms with Crippen molar-refractivity contribution in [2.45, 2.75) is 103 Å². The van der Waals surface area contributed by atoms with Gasteiger partial charge in [0.15, 0.2) is 0 Å². The molecule has 0 radical (unpaired) electrons. The second-order valence-corrected chi connectivity index (χ2v) is 8.35. The van der Waals surface area contributed by atoms with Gasteiger partial charge < -0.3 is 20.4 Å². The van der Waals surface area contributed by atoms with Gasteiger partial charge in [-0.15, -0.1) is 0 Å². The van der Waals surface area contributed by atoms with Crippen molar-refractivity contribution in [3.05, 3.63) is 23.8 Å². The number of benzene rings is 1. The topological polar surface area (TPSA) is 80.9 Å². The molecule has 2 unspecified atom stereocenters. The lowest BCUT2D eigenvalue weighted by Gasteiger charge is -2.18. The molecule has 0 saturated heterocycles. The van der Waals surface area contributed by atoms with Crippen LogP contribution in [0.4, 0.5) is 0 Å². The summed E-state index contributed by atoms with van der Waals surface area (Å²) in [5.74, 6) is 0.506. The summed E-state index contributed by atoms with van der Waals surface area (Å²) in [6.45, 7) is 2.48. The van der Waals surface area contributed by atoms with Gasteiger partial charge in [-0.3, -0.25) is 0 Å². The Hall–Kier alpha value is -1.26. The fourth-order valence-corrected chi connectivity index (χ4v) is 3.81. The van der Waals surface area contributed by atoms with Crippen molar-refractivity contribution < 1.29 is 20.4 Å². The summed E-state index contributed by atoms with van der Waals surface area (Å²) >= 11 is 0. The third-order valence-corrected chi connectivity index (χ3v) is 5.60. The Kier molecular flexibility index (Phi) is 13.8. The van der Waals surface area contributed by atoms with E-state index in [-0.39, 0.29) is 11.5 Å². The van der Waals surface area contributed by atoms with E-state index in [0.29, 0.717) is 24.5 Å². The number of hydrogen-bond donors (Lipinski definition) is 4. The Morgan fingerprint density at radius 3 is 1.79 bits per heavy atom. The van der Waals surface area contributed by atoms with E-state index in [0.717, 1.165) is 12.8 Å². The Balaban J connectivity index is 1.98. The normalized spacial score (nSPS) is 13.5. The van der Waals surface area contributed by atoms with Crippen molar-refractivity contribution in [1.29, 1.82) is 0 Å². The lowest BCUT2D eigenvalue weighted by Crippen LogP contribution is -2.05. The number of phenols is 2. The maximum absolute atomic E-state index is 10.3. The molecule has 0 spiro atoms. The largest absolute Gasteiger partial charge is 0.508 e. The molecule has 4 N–H and O–H groups in total. The summed E-state index contributed by atoms with van der Waals surface area (Å²) in [7, 11) is 0. The van der Waals surface area contributed by atoms with Gasteiger partial charge in [0.2, 0.25) is 0 Å². The maximum Gasteiger partial charge on any atom is 0.121 e. The molecule has 1 aromatic rings. The van der Waals surface area contributed by atoms with Crippen LogP contribution in [0.3, 0.4) is 0 Å². The molecule has 1 rings (SSSR count). The van der Waals surface area contributed by atoms with Crippen LogP contribution >= 0.6 is 0 Å². The van der Waals surface area contributed by atoms with Crippen LogP contribution in [-0.2, 0) is 0 Å². The van der Waals surface area contributed by atoms with E-state index < -0.39 is 6.10 Å². The van der Waals surface area contributed by atoms with Gasteiger partial charge in [0.25, 0.3) is 0 Å². The van der Waals surface area contributed by atoms with Gasteiger partial charge in [0, 0.05) is 12.2 Å². The molecule has 28 heavy (non-hydrogen) atoms. The first kappa shape index (κ1) is 24.8. The highest BCUT2D eigenvalue weighted by molar-refractivity contribution is 5.39. The molecule has 0 bridgehead atoms. The molecule has 0 fully saturated rings. The molecular formula is C24H42O4. The zero-order valence-corrected chi connectivity index (χ0v) is 17.8. The number of phenolic OH excluding ortho intramolecular Hbond substituents is 2. The van der Waals surface area contributed by atoms with Gasteiger partial charge in [-0.1, -0.05) is 84.0 Å². The molecule has 0 aliphatic heterocycles. The van der Waals surface area contributed by atoms with Crippen molar-refractivity contribution in [1.82, 2.24) is 0 Å². The number of rotatable bonds is 17. The maximum atomic E-state index is 10.3. The highest BCUT2D eigenvalue weighted by Crippen LogP contribution is 2.32. The van der Waals surface area contributed by atoms with E-state index in [4.69, 9.17) is 5.11 Å². The van der Waals surface area contributed by atoms with E-state index in [1.54, 1.807) is 0 Å². The highest BCUT2D eigenvalue weighted by Gasteiger charge is 2.16. The van der Waals surface area contributed by atoms with Gasteiger partial charge in [-0.2, -0.15) is 0 Å². The van der Waals surface area contributed by atoms with Crippen LogP contribution in [0.5, 0.6) is 11.5 Å². The van der Waals surface area contributed by atoms with Crippen molar-refractivity contribution in [2.24, 2.45) is 5.92 Å². The minimum Gasteiger partial charge on any atom is -0.508 e. The molecule has 0 amide bonds. The minimum atomic E-state index is -0.731. The van der Waals surface area contributed by atoms with E-state index in [2.05, 4.69) is 6.92 Å². The van der Waals surface area contributed by atoms with Gasteiger partial charge in [-0.05, 0) is 37.0 Å². The zero-order valence-electron chi connectivity index (χ0n) is 17.8. The van der Waals surface area contributed by atoms with Gasteiger partial charge in [0.1, 0.15) is 11.5 Å². The smallest absolute Gasteiger partial charge is 0.121 e. The van der Waals surface area contributed by atoms with Crippen molar-refractivity contribution in [3.63, 3.8) is 0 Å². The molecular weight excluding hydrogens is 352 g/mol. The third-order valence-electron chi connectivity index (χ3n) is 5.60. The molecule has 162 valence electrons. The molecule has 0 aromatic heterocycles. The summed E-state index contributed by atoms with van der Waals surface area (Å²) in [6, 6.07) is 4.30.